The van der Waals surface area contributed by atoms with Gasteiger partial charge in [0.2, 0.25) is 0 Å². The van der Waals surface area contributed by atoms with Gasteiger partial charge in [-0.25, -0.2) is 0 Å². The molecule has 0 spiro atoms. The average Bonchev–Trinajstić information content (AvgIpc) is 2.55. The van der Waals surface area contributed by atoms with Gasteiger partial charge in [0.1, 0.15) is 5.75 Å². The second-order valence-electron chi connectivity index (χ2n) is 6.04. The van der Waals surface area contributed by atoms with E-state index < -0.39 is 0 Å². The molecule has 3 heteroatoms. The number of hydrogen-bond acceptors (Lipinski definition) is 3. The number of aromatic hydroxyl groups is 1. The van der Waals surface area contributed by atoms with Crippen molar-refractivity contribution in [3.05, 3.63) is 65.2 Å². The van der Waals surface area contributed by atoms with Gasteiger partial charge < -0.3 is 10.4 Å². The first kappa shape index (κ1) is 17.2. The number of benzene rings is 2. The molecule has 2 N–H and O–H groups in total. The molecule has 2 aromatic rings. The summed E-state index contributed by atoms with van der Waals surface area (Å²) in [5.74, 6) is -0.0426. The Labute approximate surface area is 138 Å². The van der Waals surface area contributed by atoms with Crippen LogP contribution in [0.25, 0.3) is 0 Å². The van der Waals surface area contributed by atoms with Crippen molar-refractivity contribution in [1.82, 2.24) is 5.32 Å². The number of carbonyl (C=O) groups is 1. The second kappa shape index (κ2) is 8.49. The van der Waals surface area contributed by atoms with Crippen LogP contribution in [0.4, 0.5) is 0 Å². The zero-order chi connectivity index (χ0) is 16.7. The predicted molar refractivity (Wildman–Crippen MR) is 94.0 cm³/mol. The van der Waals surface area contributed by atoms with Gasteiger partial charge in [0, 0.05) is 6.04 Å². The molecule has 0 amide bonds. The SMILES string of the molecule is CC(=O)c1cc(CCNC(C)CCc2ccccc2)ccc1O. The van der Waals surface area contributed by atoms with E-state index >= 15 is 0 Å². The van der Waals surface area contributed by atoms with Crippen LogP contribution in [0, 0.1) is 0 Å². The van der Waals surface area contributed by atoms with Crippen LogP contribution < -0.4 is 5.32 Å². The van der Waals surface area contributed by atoms with E-state index in [-0.39, 0.29) is 11.5 Å². The van der Waals surface area contributed by atoms with Gasteiger partial charge in [-0.05, 0) is 62.9 Å². The molecule has 1 atom stereocenters. The standard InChI is InChI=1S/C20H25NO2/c1-15(8-9-17-6-4-3-5-7-17)21-13-12-18-10-11-20(23)19(14-18)16(2)22/h3-7,10-11,14-15,21,23H,8-9,12-13H2,1-2H3. The molecule has 0 fully saturated rings. The summed E-state index contributed by atoms with van der Waals surface area (Å²) in [6.07, 6.45) is 3.01. The summed E-state index contributed by atoms with van der Waals surface area (Å²) in [5, 5.41) is 13.2. The lowest BCUT2D eigenvalue weighted by Crippen LogP contribution is -2.28. The van der Waals surface area contributed by atoms with Crippen LogP contribution in [0.3, 0.4) is 0 Å². The number of nitrogens with one attached hydrogen (secondary N) is 1. The van der Waals surface area contributed by atoms with Crippen molar-refractivity contribution in [2.75, 3.05) is 6.54 Å². The van der Waals surface area contributed by atoms with Crippen LogP contribution >= 0.6 is 0 Å². The molecule has 0 bridgehead atoms. The molecule has 122 valence electrons. The minimum absolute atomic E-state index is 0.0606. The Morgan fingerprint density at radius 1 is 1.09 bits per heavy atom. The average molecular weight is 311 g/mol. The Bertz CT molecular complexity index is 637. The molecule has 0 saturated heterocycles. The molecular formula is C20H25NO2. The molecule has 23 heavy (non-hydrogen) atoms. The third-order valence-corrected chi connectivity index (χ3v) is 4.06. The largest absolute Gasteiger partial charge is 0.507 e. The van der Waals surface area contributed by atoms with Gasteiger partial charge in [0.05, 0.1) is 5.56 Å². The number of hydrogen-bond donors (Lipinski definition) is 2. The highest BCUT2D eigenvalue weighted by molar-refractivity contribution is 5.96. The summed E-state index contributed by atoms with van der Waals surface area (Å²) in [6, 6.07) is 16.2. The maximum Gasteiger partial charge on any atom is 0.163 e. The van der Waals surface area contributed by atoms with Crippen LogP contribution in [0.15, 0.2) is 48.5 Å². The second-order valence-corrected chi connectivity index (χ2v) is 6.04. The van der Waals surface area contributed by atoms with Crippen molar-refractivity contribution < 1.29 is 9.90 Å². The van der Waals surface area contributed by atoms with E-state index in [1.165, 1.54) is 12.5 Å². The molecule has 3 nitrogen and oxygen atoms in total. The molecule has 0 saturated carbocycles. The smallest absolute Gasteiger partial charge is 0.163 e. The zero-order valence-electron chi connectivity index (χ0n) is 13.9. The van der Waals surface area contributed by atoms with E-state index in [1.54, 1.807) is 12.1 Å². The van der Waals surface area contributed by atoms with Crippen LogP contribution in [-0.4, -0.2) is 23.5 Å². The molecule has 0 aromatic heterocycles. The first-order valence-corrected chi connectivity index (χ1v) is 8.16. The first-order chi connectivity index (χ1) is 11.1. The van der Waals surface area contributed by atoms with Crippen molar-refractivity contribution in [1.29, 1.82) is 0 Å². The van der Waals surface area contributed by atoms with E-state index in [0.717, 1.165) is 31.4 Å². The van der Waals surface area contributed by atoms with Gasteiger partial charge in [-0.2, -0.15) is 0 Å². The van der Waals surface area contributed by atoms with E-state index in [9.17, 15) is 9.90 Å². The van der Waals surface area contributed by atoms with Crippen LogP contribution in [0.5, 0.6) is 5.75 Å². The number of ketones is 1. The summed E-state index contributed by atoms with van der Waals surface area (Å²) in [6.45, 7) is 4.53. The van der Waals surface area contributed by atoms with Crippen molar-refractivity contribution in [2.24, 2.45) is 0 Å². The zero-order valence-corrected chi connectivity index (χ0v) is 13.9. The van der Waals surface area contributed by atoms with Crippen molar-refractivity contribution in [2.45, 2.75) is 39.2 Å². The lowest BCUT2D eigenvalue weighted by molar-refractivity contribution is 0.101. The number of aryl methyl sites for hydroxylation is 1. The van der Waals surface area contributed by atoms with Crippen molar-refractivity contribution in [3.8, 4) is 5.75 Å². The molecular weight excluding hydrogens is 286 g/mol. The van der Waals surface area contributed by atoms with Crippen LogP contribution in [0.2, 0.25) is 0 Å². The summed E-state index contributed by atoms with van der Waals surface area (Å²) in [7, 11) is 0. The van der Waals surface area contributed by atoms with E-state index in [0.29, 0.717) is 11.6 Å². The van der Waals surface area contributed by atoms with Gasteiger partial charge in [0.25, 0.3) is 0 Å². The number of rotatable bonds is 8. The van der Waals surface area contributed by atoms with E-state index in [4.69, 9.17) is 0 Å². The van der Waals surface area contributed by atoms with Gasteiger partial charge in [0.15, 0.2) is 5.78 Å². The Morgan fingerprint density at radius 2 is 1.83 bits per heavy atom. The van der Waals surface area contributed by atoms with Gasteiger partial charge in [-0.1, -0.05) is 36.4 Å². The maximum absolute atomic E-state index is 11.4. The lowest BCUT2D eigenvalue weighted by Gasteiger charge is -2.14. The van der Waals surface area contributed by atoms with E-state index in [2.05, 4.69) is 36.5 Å². The topological polar surface area (TPSA) is 49.3 Å². The number of carbonyl (C=O) groups excluding carboxylic acids is 1. The third-order valence-electron chi connectivity index (χ3n) is 4.06. The summed E-state index contributed by atoms with van der Waals surface area (Å²) < 4.78 is 0. The Hall–Kier alpha value is -2.13. The van der Waals surface area contributed by atoms with Crippen LogP contribution in [-0.2, 0) is 12.8 Å². The highest BCUT2D eigenvalue weighted by Crippen LogP contribution is 2.19. The fourth-order valence-corrected chi connectivity index (χ4v) is 2.61. The number of phenols is 1. The summed E-state index contributed by atoms with van der Waals surface area (Å²) in [5.41, 5.74) is 2.83. The predicted octanol–water partition coefficient (Wildman–Crippen LogP) is 3.75. The number of Topliss-reactive ketones (excluding diaryl/α,β-unsaturated/α-hetero) is 1. The van der Waals surface area contributed by atoms with Crippen LogP contribution in [0.1, 0.15) is 41.8 Å². The fraction of sp³-hybridized carbons (Fsp3) is 0.350. The van der Waals surface area contributed by atoms with Gasteiger partial charge >= 0.3 is 0 Å². The lowest BCUT2D eigenvalue weighted by atomic mass is 10.0. The molecule has 0 radical (unpaired) electrons. The minimum atomic E-state index is -0.103. The molecule has 2 aromatic carbocycles. The van der Waals surface area contributed by atoms with Gasteiger partial charge in [-0.3, -0.25) is 4.79 Å². The minimum Gasteiger partial charge on any atom is -0.507 e. The number of phenolic OH excluding ortho intramolecular Hbond substituents is 1. The quantitative estimate of drug-likeness (QED) is 0.730. The highest BCUT2D eigenvalue weighted by atomic mass is 16.3. The third kappa shape index (κ3) is 5.53. The monoisotopic (exact) mass is 311 g/mol. The molecule has 1 unspecified atom stereocenters. The fourth-order valence-electron chi connectivity index (χ4n) is 2.61. The molecule has 0 aliphatic carbocycles. The molecule has 0 aliphatic heterocycles. The van der Waals surface area contributed by atoms with Gasteiger partial charge in [-0.15, -0.1) is 0 Å². The molecule has 2 rings (SSSR count). The Kier molecular flexibility index (Phi) is 6.36. The first-order valence-electron chi connectivity index (χ1n) is 8.16. The summed E-state index contributed by atoms with van der Waals surface area (Å²) >= 11 is 0. The van der Waals surface area contributed by atoms with Crippen molar-refractivity contribution >= 4 is 5.78 Å². The normalized spacial score (nSPS) is 12.1. The maximum atomic E-state index is 11.4. The highest BCUT2D eigenvalue weighted by Gasteiger charge is 2.08. The molecule has 0 heterocycles. The molecule has 0 aliphatic rings. The van der Waals surface area contributed by atoms with E-state index in [1.807, 2.05) is 12.1 Å². The van der Waals surface area contributed by atoms with Crippen molar-refractivity contribution in [3.63, 3.8) is 0 Å². The Morgan fingerprint density at radius 3 is 2.52 bits per heavy atom. The summed E-state index contributed by atoms with van der Waals surface area (Å²) in [4.78, 5) is 11.4. The Balaban J connectivity index is 1.76.